The van der Waals surface area contributed by atoms with E-state index in [0.29, 0.717) is 0 Å². The molecule has 2 aromatic carbocycles. The van der Waals surface area contributed by atoms with E-state index in [2.05, 4.69) is 4.72 Å². The number of halogens is 3. The van der Waals surface area contributed by atoms with E-state index in [1.165, 1.54) is 36.4 Å². The lowest BCUT2D eigenvalue weighted by atomic mass is 10.3. The van der Waals surface area contributed by atoms with Gasteiger partial charge in [0.15, 0.2) is 0 Å². The number of phenolic OH excluding ortho intramolecular Hbond substituents is 1. The van der Waals surface area contributed by atoms with Crippen LogP contribution in [0.15, 0.2) is 41.3 Å². The van der Waals surface area contributed by atoms with Crippen molar-refractivity contribution in [2.45, 2.75) is 4.90 Å². The number of sulfonamides is 1. The molecule has 0 saturated heterocycles. The fourth-order valence-corrected chi connectivity index (χ4v) is 3.51. The Bertz CT molecular complexity index is 745. The van der Waals surface area contributed by atoms with Crippen LogP contribution in [-0.2, 0) is 10.0 Å². The fraction of sp³-hybridized carbons (Fsp3) is 0. The van der Waals surface area contributed by atoms with Gasteiger partial charge in [-0.25, -0.2) is 8.42 Å². The molecule has 8 heteroatoms. The highest BCUT2D eigenvalue weighted by Crippen LogP contribution is 2.32. The van der Waals surface area contributed by atoms with E-state index < -0.39 is 10.0 Å². The predicted molar refractivity (Wildman–Crippen MR) is 80.4 cm³/mol. The largest absolute Gasteiger partial charge is 0.508 e. The van der Waals surface area contributed by atoms with Crippen LogP contribution in [0.5, 0.6) is 5.75 Å². The lowest BCUT2D eigenvalue weighted by molar-refractivity contribution is 0.475. The second-order valence-electron chi connectivity index (χ2n) is 3.85. The zero-order valence-electron chi connectivity index (χ0n) is 9.77. The molecule has 2 N–H and O–H groups in total. The van der Waals surface area contributed by atoms with Gasteiger partial charge in [0.1, 0.15) is 10.6 Å². The average molecular weight is 353 g/mol. The van der Waals surface area contributed by atoms with Gasteiger partial charge in [0.25, 0.3) is 10.0 Å². The maximum absolute atomic E-state index is 12.2. The van der Waals surface area contributed by atoms with Crippen molar-refractivity contribution in [2.75, 3.05) is 4.72 Å². The Balaban J connectivity index is 2.40. The summed E-state index contributed by atoms with van der Waals surface area (Å²) >= 11 is 17.4. The molecule has 0 saturated carbocycles. The number of aromatic hydroxyl groups is 1. The number of phenols is 1. The number of benzene rings is 2. The van der Waals surface area contributed by atoms with Gasteiger partial charge in [-0.3, -0.25) is 4.72 Å². The highest BCUT2D eigenvalue weighted by Gasteiger charge is 2.20. The molecule has 0 fully saturated rings. The van der Waals surface area contributed by atoms with Gasteiger partial charge in [0.05, 0.1) is 15.1 Å². The zero-order chi connectivity index (χ0) is 14.9. The van der Waals surface area contributed by atoms with Crippen molar-refractivity contribution in [3.63, 3.8) is 0 Å². The third kappa shape index (κ3) is 3.30. The molecular formula is C12H8Cl3NO3S. The van der Waals surface area contributed by atoms with Gasteiger partial charge in [-0.2, -0.15) is 0 Å². The van der Waals surface area contributed by atoms with Gasteiger partial charge < -0.3 is 5.11 Å². The zero-order valence-corrected chi connectivity index (χ0v) is 12.9. The average Bonchev–Trinajstić information content (AvgIpc) is 2.36. The minimum absolute atomic E-state index is 0.0283. The van der Waals surface area contributed by atoms with E-state index in [1.807, 2.05) is 0 Å². The maximum Gasteiger partial charge on any atom is 0.263 e. The topological polar surface area (TPSA) is 66.4 Å². The highest BCUT2D eigenvalue weighted by molar-refractivity contribution is 7.92. The lowest BCUT2D eigenvalue weighted by Crippen LogP contribution is -2.13. The van der Waals surface area contributed by atoms with Gasteiger partial charge in [-0.15, -0.1) is 0 Å². The molecular weight excluding hydrogens is 345 g/mol. The van der Waals surface area contributed by atoms with Crippen LogP contribution in [0.1, 0.15) is 0 Å². The van der Waals surface area contributed by atoms with E-state index >= 15 is 0 Å². The normalized spacial score (nSPS) is 11.3. The quantitative estimate of drug-likeness (QED) is 0.644. The monoisotopic (exact) mass is 351 g/mol. The third-order valence-corrected chi connectivity index (χ3v) is 4.95. The molecule has 0 radical (unpaired) electrons. The Labute approximate surface area is 131 Å². The van der Waals surface area contributed by atoms with Gasteiger partial charge in [0.2, 0.25) is 0 Å². The Morgan fingerprint density at radius 3 is 2.05 bits per heavy atom. The molecule has 0 aromatic heterocycles. The first-order valence-corrected chi connectivity index (χ1v) is 7.88. The summed E-state index contributed by atoms with van der Waals surface area (Å²) in [4.78, 5) is -0.179. The van der Waals surface area contributed by atoms with Crippen molar-refractivity contribution in [2.24, 2.45) is 0 Å². The molecule has 0 aliphatic heterocycles. The van der Waals surface area contributed by atoms with Crippen molar-refractivity contribution >= 4 is 50.5 Å². The molecule has 4 nitrogen and oxygen atoms in total. The van der Waals surface area contributed by atoms with E-state index in [0.717, 1.165) is 0 Å². The van der Waals surface area contributed by atoms with Gasteiger partial charge in [-0.1, -0.05) is 34.8 Å². The minimum Gasteiger partial charge on any atom is -0.508 e. The number of hydrogen-bond donors (Lipinski definition) is 2. The molecule has 0 spiro atoms. The SMILES string of the molecule is O=S(=O)(Nc1ccc(O)cc1)c1cc(Cl)c(Cl)cc1Cl. The molecule has 106 valence electrons. The van der Waals surface area contributed by atoms with Crippen LogP contribution in [-0.4, -0.2) is 13.5 Å². The first-order chi connectivity index (χ1) is 9.29. The highest BCUT2D eigenvalue weighted by atomic mass is 35.5. The summed E-state index contributed by atoms with van der Waals surface area (Å²) in [5.74, 6) is 0.0283. The van der Waals surface area contributed by atoms with Gasteiger partial charge in [0, 0.05) is 5.69 Å². The van der Waals surface area contributed by atoms with Crippen LogP contribution < -0.4 is 4.72 Å². The maximum atomic E-state index is 12.2. The molecule has 0 bridgehead atoms. The van der Waals surface area contributed by atoms with E-state index in [9.17, 15) is 8.42 Å². The predicted octanol–water partition coefficient (Wildman–Crippen LogP) is 4.15. The summed E-state index contributed by atoms with van der Waals surface area (Å²) in [5, 5.41) is 9.37. The van der Waals surface area contributed by atoms with Crippen molar-refractivity contribution < 1.29 is 13.5 Å². The van der Waals surface area contributed by atoms with Crippen molar-refractivity contribution in [1.82, 2.24) is 0 Å². The van der Waals surface area contributed by atoms with E-state index in [4.69, 9.17) is 39.9 Å². The van der Waals surface area contributed by atoms with Gasteiger partial charge in [-0.05, 0) is 36.4 Å². The summed E-state index contributed by atoms with van der Waals surface area (Å²) in [6.45, 7) is 0. The number of anilines is 1. The summed E-state index contributed by atoms with van der Waals surface area (Å²) < 4.78 is 26.7. The smallest absolute Gasteiger partial charge is 0.263 e. The summed E-state index contributed by atoms with van der Waals surface area (Å²) in [6.07, 6.45) is 0. The van der Waals surface area contributed by atoms with Crippen LogP contribution in [0, 0.1) is 0 Å². The first-order valence-electron chi connectivity index (χ1n) is 5.26. The second-order valence-corrected chi connectivity index (χ2v) is 6.72. The van der Waals surface area contributed by atoms with Gasteiger partial charge >= 0.3 is 0 Å². The van der Waals surface area contributed by atoms with Crippen molar-refractivity contribution in [1.29, 1.82) is 0 Å². The Morgan fingerprint density at radius 2 is 1.45 bits per heavy atom. The molecule has 0 atom stereocenters. The molecule has 20 heavy (non-hydrogen) atoms. The molecule has 2 aromatic rings. The van der Waals surface area contributed by atoms with Crippen LogP contribution in [0.25, 0.3) is 0 Å². The van der Waals surface area contributed by atoms with Crippen molar-refractivity contribution in [3.05, 3.63) is 51.5 Å². The number of rotatable bonds is 3. The first kappa shape index (κ1) is 15.3. The Hall–Kier alpha value is -1.14. The number of hydrogen-bond acceptors (Lipinski definition) is 3. The summed E-state index contributed by atoms with van der Waals surface area (Å²) in [7, 11) is -3.90. The fourth-order valence-electron chi connectivity index (χ4n) is 1.45. The molecule has 0 aliphatic rings. The standard InChI is InChI=1S/C12H8Cl3NO3S/c13-9-5-11(15)12(6-10(9)14)20(18,19)16-7-1-3-8(17)4-2-7/h1-6,16-17H. The van der Waals surface area contributed by atoms with Crippen LogP contribution in [0.4, 0.5) is 5.69 Å². The molecule has 2 rings (SSSR count). The Kier molecular flexibility index (Phi) is 4.34. The van der Waals surface area contributed by atoms with Crippen molar-refractivity contribution in [3.8, 4) is 5.75 Å². The third-order valence-electron chi connectivity index (χ3n) is 2.38. The van der Waals surface area contributed by atoms with Crippen LogP contribution in [0.2, 0.25) is 15.1 Å². The van der Waals surface area contributed by atoms with Crippen LogP contribution >= 0.6 is 34.8 Å². The minimum atomic E-state index is -3.90. The van der Waals surface area contributed by atoms with E-state index in [-0.39, 0.29) is 31.4 Å². The van der Waals surface area contributed by atoms with Crippen LogP contribution in [0.3, 0.4) is 0 Å². The molecule has 0 unspecified atom stereocenters. The lowest BCUT2D eigenvalue weighted by Gasteiger charge is -2.10. The molecule has 0 amide bonds. The second kappa shape index (κ2) is 5.69. The molecule has 0 heterocycles. The van der Waals surface area contributed by atoms with E-state index in [1.54, 1.807) is 0 Å². The number of nitrogens with one attached hydrogen (secondary N) is 1. The molecule has 0 aliphatic carbocycles. The summed E-state index contributed by atoms with van der Waals surface area (Å²) in [6, 6.07) is 7.98. The summed E-state index contributed by atoms with van der Waals surface area (Å²) in [5.41, 5.74) is 0.282. The Morgan fingerprint density at radius 1 is 0.900 bits per heavy atom.